The maximum absolute atomic E-state index is 12.5. The number of anilines is 1. The summed E-state index contributed by atoms with van der Waals surface area (Å²) >= 11 is 0. The van der Waals surface area contributed by atoms with Crippen LogP contribution in [-0.2, 0) is 26.2 Å². The number of furan rings is 1. The number of rotatable bonds is 6. The Bertz CT molecular complexity index is 920. The zero-order chi connectivity index (χ0) is 19.6. The number of amides is 2. The molecule has 0 bridgehead atoms. The molecular weight excluding hydrogens is 370 g/mol. The summed E-state index contributed by atoms with van der Waals surface area (Å²) in [5, 5.41) is 2.74. The minimum atomic E-state index is -3.52. The Morgan fingerprint density at radius 3 is 2.56 bits per heavy atom. The fraction of sp³-hybridized carbons (Fsp3) is 0.333. The maximum Gasteiger partial charge on any atom is 0.242 e. The second kappa shape index (κ2) is 7.53. The lowest BCUT2D eigenvalue weighted by Gasteiger charge is -2.15. The monoisotopic (exact) mass is 391 g/mol. The molecule has 2 heterocycles. The number of carbonyl (C=O) groups excluding carboxylic acids is 2. The lowest BCUT2D eigenvalue weighted by atomic mass is 10.1. The molecule has 27 heavy (non-hydrogen) atoms. The number of hydrogen-bond donors (Lipinski definition) is 1. The number of likely N-dealkylation sites (tertiary alicyclic amines) is 1. The van der Waals surface area contributed by atoms with Gasteiger partial charge in [-0.05, 0) is 36.4 Å². The molecule has 8 nitrogen and oxygen atoms in total. The van der Waals surface area contributed by atoms with E-state index in [1.807, 2.05) is 0 Å². The van der Waals surface area contributed by atoms with Crippen LogP contribution in [0.4, 0.5) is 5.69 Å². The van der Waals surface area contributed by atoms with E-state index >= 15 is 0 Å². The predicted octanol–water partition coefficient (Wildman–Crippen LogP) is 1.52. The van der Waals surface area contributed by atoms with Crippen molar-refractivity contribution in [2.24, 2.45) is 5.92 Å². The molecule has 2 aromatic rings. The Hall–Kier alpha value is -2.65. The second-order valence-electron chi connectivity index (χ2n) is 6.56. The highest BCUT2D eigenvalue weighted by molar-refractivity contribution is 7.89. The Labute approximate surface area is 157 Å². The third-order valence-electron chi connectivity index (χ3n) is 4.41. The normalized spacial score (nSPS) is 17.5. The van der Waals surface area contributed by atoms with Gasteiger partial charge in [-0.25, -0.2) is 12.7 Å². The molecule has 144 valence electrons. The minimum Gasteiger partial charge on any atom is -0.467 e. The molecule has 1 aromatic carbocycles. The average molecular weight is 391 g/mol. The Balaban J connectivity index is 1.61. The molecule has 1 fully saturated rings. The Kier molecular flexibility index (Phi) is 5.33. The summed E-state index contributed by atoms with van der Waals surface area (Å²) in [6, 6.07) is 9.48. The molecule has 2 amide bonds. The second-order valence-corrected chi connectivity index (χ2v) is 8.71. The average Bonchev–Trinajstić information content (AvgIpc) is 3.26. The molecule has 0 spiro atoms. The van der Waals surface area contributed by atoms with E-state index in [0.29, 0.717) is 24.5 Å². The first-order chi connectivity index (χ1) is 12.8. The predicted molar refractivity (Wildman–Crippen MR) is 98.2 cm³/mol. The van der Waals surface area contributed by atoms with Crippen LogP contribution in [0.5, 0.6) is 0 Å². The smallest absolute Gasteiger partial charge is 0.242 e. The molecule has 0 saturated carbocycles. The van der Waals surface area contributed by atoms with Gasteiger partial charge >= 0.3 is 0 Å². The van der Waals surface area contributed by atoms with Crippen LogP contribution in [0.3, 0.4) is 0 Å². The van der Waals surface area contributed by atoms with Gasteiger partial charge in [0.2, 0.25) is 21.8 Å². The third-order valence-corrected chi connectivity index (χ3v) is 6.24. The highest BCUT2D eigenvalue weighted by atomic mass is 32.2. The topological polar surface area (TPSA) is 99.9 Å². The van der Waals surface area contributed by atoms with Crippen LogP contribution in [0.15, 0.2) is 52.0 Å². The number of nitrogens with zero attached hydrogens (tertiary/aromatic N) is 2. The van der Waals surface area contributed by atoms with Gasteiger partial charge < -0.3 is 14.6 Å². The third kappa shape index (κ3) is 4.20. The van der Waals surface area contributed by atoms with E-state index in [4.69, 9.17) is 4.42 Å². The van der Waals surface area contributed by atoms with Crippen LogP contribution < -0.4 is 5.32 Å². The van der Waals surface area contributed by atoms with Gasteiger partial charge in [0.15, 0.2) is 0 Å². The summed E-state index contributed by atoms with van der Waals surface area (Å²) < 4.78 is 30.5. The van der Waals surface area contributed by atoms with Crippen LogP contribution in [-0.4, -0.2) is 50.1 Å². The first kappa shape index (κ1) is 19.1. The zero-order valence-corrected chi connectivity index (χ0v) is 15.9. The molecule has 3 rings (SSSR count). The van der Waals surface area contributed by atoms with Gasteiger partial charge in [0.1, 0.15) is 5.76 Å². The molecule has 1 saturated heterocycles. The number of carbonyl (C=O) groups is 2. The quantitative estimate of drug-likeness (QED) is 0.805. The fourth-order valence-corrected chi connectivity index (χ4v) is 3.76. The Morgan fingerprint density at radius 1 is 1.26 bits per heavy atom. The summed E-state index contributed by atoms with van der Waals surface area (Å²) in [6.45, 7) is 0.658. The van der Waals surface area contributed by atoms with E-state index < -0.39 is 15.9 Å². The molecule has 9 heteroatoms. The standard InChI is InChI=1S/C18H21N3O5S/c1-20(2)27(24,25)16-7-5-14(6-8-16)19-18(23)13-10-17(22)21(11-13)12-15-4-3-9-26-15/h3-9,13H,10-12H2,1-2H3,(H,19,23). The van der Waals surface area contributed by atoms with Gasteiger partial charge in [-0.1, -0.05) is 0 Å². The van der Waals surface area contributed by atoms with Crippen molar-refractivity contribution in [1.29, 1.82) is 0 Å². The molecule has 1 aromatic heterocycles. The van der Waals surface area contributed by atoms with Crippen LogP contribution in [0.1, 0.15) is 12.2 Å². The van der Waals surface area contributed by atoms with Gasteiger partial charge in [0, 0.05) is 32.7 Å². The van der Waals surface area contributed by atoms with Crippen molar-refractivity contribution in [3.05, 3.63) is 48.4 Å². The van der Waals surface area contributed by atoms with E-state index in [1.165, 1.54) is 38.4 Å². The first-order valence-electron chi connectivity index (χ1n) is 8.41. The minimum absolute atomic E-state index is 0.0982. The molecule has 1 unspecified atom stereocenters. The summed E-state index contributed by atoms with van der Waals surface area (Å²) in [4.78, 5) is 26.3. The summed E-state index contributed by atoms with van der Waals surface area (Å²) in [5.41, 5.74) is 0.481. The summed E-state index contributed by atoms with van der Waals surface area (Å²) in [7, 11) is -0.607. The number of benzene rings is 1. The van der Waals surface area contributed by atoms with Crippen molar-refractivity contribution in [2.45, 2.75) is 17.9 Å². The number of sulfonamides is 1. The lowest BCUT2D eigenvalue weighted by Crippen LogP contribution is -2.28. The van der Waals surface area contributed by atoms with E-state index in [2.05, 4.69) is 5.32 Å². The molecule has 1 N–H and O–H groups in total. The number of nitrogens with one attached hydrogen (secondary N) is 1. The molecule has 1 aliphatic rings. The van der Waals surface area contributed by atoms with Gasteiger partial charge in [0.05, 0.1) is 23.6 Å². The van der Waals surface area contributed by atoms with Gasteiger partial charge in [-0.2, -0.15) is 0 Å². The van der Waals surface area contributed by atoms with Crippen molar-refractivity contribution in [3.8, 4) is 0 Å². The SMILES string of the molecule is CN(C)S(=O)(=O)c1ccc(NC(=O)C2CC(=O)N(Cc3ccco3)C2)cc1. The lowest BCUT2D eigenvalue weighted by molar-refractivity contribution is -0.128. The fourth-order valence-electron chi connectivity index (χ4n) is 2.86. The van der Waals surface area contributed by atoms with Crippen LogP contribution in [0.25, 0.3) is 0 Å². The summed E-state index contributed by atoms with van der Waals surface area (Å²) in [6.07, 6.45) is 1.68. The molecule has 1 atom stereocenters. The van der Waals surface area contributed by atoms with Gasteiger partial charge in [-0.3, -0.25) is 9.59 Å². The van der Waals surface area contributed by atoms with Gasteiger partial charge in [0.25, 0.3) is 0 Å². The van der Waals surface area contributed by atoms with E-state index in [-0.39, 0.29) is 23.1 Å². The highest BCUT2D eigenvalue weighted by Crippen LogP contribution is 2.23. The summed E-state index contributed by atoms with van der Waals surface area (Å²) in [5.74, 6) is -0.160. The van der Waals surface area contributed by atoms with Crippen molar-refractivity contribution in [1.82, 2.24) is 9.21 Å². The van der Waals surface area contributed by atoms with Crippen LogP contribution in [0, 0.1) is 5.92 Å². The first-order valence-corrected chi connectivity index (χ1v) is 9.85. The largest absolute Gasteiger partial charge is 0.467 e. The van der Waals surface area contributed by atoms with Crippen LogP contribution in [0.2, 0.25) is 0 Å². The van der Waals surface area contributed by atoms with Gasteiger partial charge in [-0.15, -0.1) is 0 Å². The number of hydrogen-bond acceptors (Lipinski definition) is 5. The molecule has 1 aliphatic heterocycles. The van der Waals surface area contributed by atoms with Crippen LogP contribution >= 0.6 is 0 Å². The molecule has 0 aliphatic carbocycles. The van der Waals surface area contributed by atoms with E-state index in [0.717, 1.165) is 4.31 Å². The highest BCUT2D eigenvalue weighted by Gasteiger charge is 2.34. The van der Waals surface area contributed by atoms with E-state index in [1.54, 1.807) is 23.3 Å². The van der Waals surface area contributed by atoms with Crippen molar-refractivity contribution in [2.75, 3.05) is 26.0 Å². The zero-order valence-electron chi connectivity index (χ0n) is 15.1. The Morgan fingerprint density at radius 2 is 1.96 bits per heavy atom. The van der Waals surface area contributed by atoms with E-state index in [9.17, 15) is 18.0 Å². The van der Waals surface area contributed by atoms with Crippen molar-refractivity contribution >= 4 is 27.5 Å². The molecular formula is C18H21N3O5S. The molecule has 0 radical (unpaired) electrons. The van der Waals surface area contributed by atoms with Crippen molar-refractivity contribution < 1.29 is 22.4 Å². The van der Waals surface area contributed by atoms with Crippen molar-refractivity contribution in [3.63, 3.8) is 0 Å². The maximum atomic E-state index is 12.5.